The second-order valence-electron chi connectivity index (χ2n) is 5.86. The Morgan fingerprint density at radius 3 is 3.08 bits per heavy atom. The van der Waals surface area contributed by atoms with Gasteiger partial charge in [-0.15, -0.1) is 11.3 Å². The molecule has 0 bridgehead atoms. The SMILES string of the molecule is O=C(O)[C@H]1CCCN(C(=O)CCCc2nc(-c3cccs3)no2)C1. The van der Waals surface area contributed by atoms with Crippen molar-refractivity contribution in [3.8, 4) is 10.7 Å². The molecule has 1 saturated heterocycles. The van der Waals surface area contributed by atoms with E-state index < -0.39 is 11.9 Å². The van der Waals surface area contributed by atoms with Crippen LogP contribution in [-0.4, -0.2) is 45.1 Å². The summed E-state index contributed by atoms with van der Waals surface area (Å²) < 4.78 is 5.21. The number of aryl methyl sites for hydroxylation is 1. The summed E-state index contributed by atoms with van der Waals surface area (Å²) in [6.45, 7) is 0.961. The van der Waals surface area contributed by atoms with Crippen molar-refractivity contribution in [2.45, 2.75) is 32.1 Å². The first-order valence-electron chi connectivity index (χ1n) is 8.00. The lowest BCUT2D eigenvalue weighted by Gasteiger charge is -2.30. The number of nitrogens with zero attached hydrogens (tertiary/aromatic N) is 3. The monoisotopic (exact) mass is 349 g/mol. The standard InChI is InChI=1S/C16H19N3O4S/c20-14(19-8-2-4-11(10-19)16(21)22)7-1-6-13-17-15(18-23-13)12-5-3-9-24-12/h3,5,9,11H,1-2,4,6-8,10H2,(H,21,22)/t11-/m0/s1. The van der Waals surface area contributed by atoms with Gasteiger partial charge in [0, 0.05) is 25.9 Å². The van der Waals surface area contributed by atoms with E-state index >= 15 is 0 Å². The molecule has 1 amide bonds. The molecule has 0 aromatic carbocycles. The highest BCUT2D eigenvalue weighted by atomic mass is 32.1. The van der Waals surface area contributed by atoms with Gasteiger partial charge in [0.1, 0.15) is 0 Å². The Hall–Kier alpha value is -2.22. The number of carboxylic acid groups (broad SMARTS) is 1. The molecule has 1 atom stereocenters. The van der Waals surface area contributed by atoms with Crippen molar-refractivity contribution < 1.29 is 19.2 Å². The maximum Gasteiger partial charge on any atom is 0.308 e. The first-order valence-corrected chi connectivity index (χ1v) is 8.88. The Balaban J connectivity index is 1.46. The molecule has 1 fully saturated rings. The molecule has 1 aliphatic heterocycles. The summed E-state index contributed by atoms with van der Waals surface area (Å²) in [6.07, 6.45) is 2.91. The fourth-order valence-corrected chi connectivity index (χ4v) is 3.47. The number of carboxylic acids is 1. The molecule has 3 heterocycles. The Kier molecular flexibility index (Phi) is 5.24. The number of likely N-dealkylation sites (tertiary alicyclic amines) is 1. The van der Waals surface area contributed by atoms with Gasteiger partial charge in [0.05, 0.1) is 10.8 Å². The van der Waals surface area contributed by atoms with Gasteiger partial charge in [-0.2, -0.15) is 4.98 Å². The molecule has 1 aliphatic rings. The van der Waals surface area contributed by atoms with E-state index in [4.69, 9.17) is 9.63 Å². The van der Waals surface area contributed by atoms with E-state index in [0.29, 0.717) is 50.5 Å². The van der Waals surface area contributed by atoms with Gasteiger partial charge in [-0.05, 0) is 30.7 Å². The first-order chi connectivity index (χ1) is 11.6. The highest BCUT2D eigenvalue weighted by Crippen LogP contribution is 2.22. The van der Waals surface area contributed by atoms with Gasteiger partial charge in [-0.3, -0.25) is 9.59 Å². The molecule has 7 nitrogen and oxygen atoms in total. The van der Waals surface area contributed by atoms with Gasteiger partial charge in [-0.1, -0.05) is 11.2 Å². The van der Waals surface area contributed by atoms with Crippen molar-refractivity contribution in [3.05, 3.63) is 23.4 Å². The third kappa shape index (κ3) is 4.00. The third-order valence-electron chi connectivity index (χ3n) is 4.11. The van der Waals surface area contributed by atoms with E-state index in [0.717, 1.165) is 11.3 Å². The molecular weight excluding hydrogens is 330 g/mol. The molecule has 24 heavy (non-hydrogen) atoms. The van der Waals surface area contributed by atoms with Crippen molar-refractivity contribution >= 4 is 23.2 Å². The van der Waals surface area contributed by atoms with Crippen LogP contribution in [-0.2, 0) is 16.0 Å². The zero-order chi connectivity index (χ0) is 16.9. The van der Waals surface area contributed by atoms with Crippen molar-refractivity contribution in [1.29, 1.82) is 0 Å². The number of amides is 1. The lowest BCUT2D eigenvalue weighted by molar-refractivity contribution is -0.145. The summed E-state index contributed by atoms with van der Waals surface area (Å²) in [5.41, 5.74) is 0. The number of carbonyl (C=O) groups excluding carboxylic acids is 1. The Morgan fingerprint density at radius 2 is 2.33 bits per heavy atom. The molecule has 3 rings (SSSR count). The predicted molar refractivity (Wildman–Crippen MR) is 87.5 cm³/mol. The van der Waals surface area contributed by atoms with E-state index in [1.165, 1.54) is 0 Å². The molecule has 0 radical (unpaired) electrons. The van der Waals surface area contributed by atoms with Crippen LogP contribution in [0, 0.1) is 5.92 Å². The highest BCUT2D eigenvalue weighted by Gasteiger charge is 2.27. The van der Waals surface area contributed by atoms with E-state index in [1.54, 1.807) is 16.2 Å². The number of aliphatic carboxylic acids is 1. The zero-order valence-electron chi connectivity index (χ0n) is 13.2. The van der Waals surface area contributed by atoms with E-state index in [2.05, 4.69) is 10.1 Å². The second kappa shape index (κ2) is 7.57. The summed E-state index contributed by atoms with van der Waals surface area (Å²) in [4.78, 5) is 30.2. The Labute approximate surface area is 143 Å². The average molecular weight is 349 g/mol. The molecular formula is C16H19N3O4S. The summed E-state index contributed by atoms with van der Waals surface area (Å²) in [5.74, 6) is -0.162. The lowest BCUT2D eigenvalue weighted by atomic mass is 9.98. The predicted octanol–water partition coefficient (Wildman–Crippen LogP) is 2.44. The van der Waals surface area contributed by atoms with Crippen molar-refractivity contribution in [3.63, 3.8) is 0 Å². The van der Waals surface area contributed by atoms with Gasteiger partial charge in [0.25, 0.3) is 0 Å². The fraction of sp³-hybridized carbons (Fsp3) is 0.500. The molecule has 8 heteroatoms. The van der Waals surface area contributed by atoms with Gasteiger partial charge >= 0.3 is 5.97 Å². The average Bonchev–Trinajstić information content (AvgIpc) is 3.26. The molecule has 0 unspecified atom stereocenters. The molecule has 0 saturated carbocycles. The fourth-order valence-electron chi connectivity index (χ4n) is 2.82. The Morgan fingerprint density at radius 1 is 1.46 bits per heavy atom. The minimum absolute atomic E-state index is 0.000976. The van der Waals surface area contributed by atoms with Crippen molar-refractivity contribution in [2.75, 3.05) is 13.1 Å². The number of carbonyl (C=O) groups is 2. The van der Waals surface area contributed by atoms with Gasteiger partial charge in [0.15, 0.2) is 0 Å². The summed E-state index contributed by atoms with van der Waals surface area (Å²) in [6, 6.07) is 3.86. The molecule has 0 spiro atoms. The topological polar surface area (TPSA) is 96.5 Å². The van der Waals surface area contributed by atoms with E-state index in [9.17, 15) is 9.59 Å². The van der Waals surface area contributed by atoms with E-state index in [1.807, 2.05) is 17.5 Å². The van der Waals surface area contributed by atoms with Gasteiger partial charge in [0.2, 0.25) is 17.6 Å². The van der Waals surface area contributed by atoms with Crippen molar-refractivity contribution in [2.24, 2.45) is 5.92 Å². The third-order valence-corrected chi connectivity index (χ3v) is 4.98. The quantitative estimate of drug-likeness (QED) is 0.860. The highest BCUT2D eigenvalue weighted by molar-refractivity contribution is 7.13. The van der Waals surface area contributed by atoms with Crippen LogP contribution in [0.25, 0.3) is 10.7 Å². The molecule has 2 aromatic rings. The smallest absolute Gasteiger partial charge is 0.308 e. The van der Waals surface area contributed by atoms with Gasteiger partial charge in [-0.25, -0.2) is 0 Å². The number of aromatic nitrogens is 2. The second-order valence-corrected chi connectivity index (χ2v) is 6.81. The largest absolute Gasteiger partial charge is 0.481 e. The first kappa shape index (κ1) is 16.6. The lowest BCUT2D eigenvalue weighted by Crippen LogP contribution is -2.42. The summed E-state index contributed by atoms with van der Waals surface area (Å²) >= 11 is 1.55. The van der Waals surface area contributed by atoms with Crippen LogP contribution >= 0.6 is 11.3 Å². The van der Waals surface area contributed by atoms with Gasteiger partial charge < -0.3 is 14.5 Å². The number of hydrogen-bond acceptors (Lipinski definition) is 6. The zero-order valence-corrected chi connectivity index (χ0v) is 14.0. The Bertz CT molecular complexity index is 698. The van der Waals surface area contributed by atoms with Crippen molar-refractivity contribution in [1.82, 2.24) is 15.0 Å². The molecule has 128 valence electrons. The van der Waals surface area contributed by atoms with Crippen LogP contribution in [0.1, 0.15) is 31.6 Å². The minimum atomic E-state index is -0.820. The van der Waals surface area contributed by atoms with E-state index in [-0.39, 0.29) is 5.91 Å². The number of thiophene rings is 1. The van der Waals surface area contributed by atoms with Crippen LogP contribution in [0.2, 0.25) is 0 Å². The normalized spacial score (nSPS) is 17.8. The van der Waals surface area contributed by atoms with Crippen LogP contribution in [0.5, 0.6) is 0 Å². The molecule has 0 aliphatic carbocycles. The maximum atomic E-state index is 12.2. The molecule has 2 aromatic heterocycles. The maximum absolute atomic E-state index is 12.2. The van der Waals surface area contributed by atoms with Crippen LogP contribution in [0.15, 0.2) is 22.0 Å². The minimum Gasteiger partial charge on any atom is -0.481 e. The number of hydrogen-bond donors (Lipinski definition) is 1. The summed E-state index contributed by atoms with van der Waals surface area (Å²) in [7, 11) is 0. The summed E-state index contributed by atoms with van der Waals surface area (Å²) in [5, 5.41) is 15.0. The molecule has 1 N–H and O–H groups in total. The van der Waals surface area contributed by atoms with Crippen LogP contribution < -0.4 is 0 Å². The number of rotatable bonds is 6. The van der Waals surface area contributed by atoms with Crippen LogP contribution in [0.4, 0.5) is 0 Å². The number of piperidine rings is 1. The van der Waals surface area contributed by atoms with Crippen LogP contribution in [0.3, 0.4) is 0 Å².